The Hall–Kier alpha value is -1.20. The molecular weight excluding hydrogens is 274 g/mol. The molecule has 0 bridgehead atoms. The number of rotatable bonds is 3. The minimum Gasteiger partial charge on any atom is -0.480 e. The summed E-state index contributed by atoms with van der Waals surface area (Å²) in [6.45, 7) is 0. The van der Waals surface area contributed by atoms with Crippen LogP contribution in [0.2, 0.25) is 5.02 Å². The number of carboxylic acids is 1. The van der Waals surface area contributed by atoms with Gasteiger partial charge >= 0.3 is 5.97 Å². The lowest BCUT2D eigenvalue weighted by atomic mass is 10.1. The highest BCUT2D eigenvalue weighted by atomic mass is 35.5. The van der Waals surface area contributed by atoms with E-state index in [9.17, 15) is 9.59 Å². The van der Waals surface area contributed by atoms with E-state index in [0.717, 1.165) is 5.56 Å². The van der Waals surface area contributed by atoms with Gasteiger partial charge in [-0.2, -0.15) is 0 Å². The van der Waals surface area contributed by atoms with Gasteiger partial charge in [0.2, 0.25) is 5.91 Å². The third-order valence-corrected chi connectivity index (χ3v) is 4.27. The number of thioether (sulfide) groups is 1. The topological polar surface area (TPSA) is 66.4 Å². The summed E-state index contributed by atoms with van der Waals surface area (Å²) in [6.07, 6.45) is 0.583. The Kier molecular flexibility index (Phi) is 4.14. The Morgan fingerprint density at radius 3 is 2.67 bits per heavy atom. The molecule has 1 aliphatic heterocycles. The molecule has 0 aliphatic carbocycles. The maximum atomic E-state index is 11.8. The molecule has 2 atom stereocenters. The molecule has 0 radical (unpaired) electrons. The maximum absolute atomic E-state index is 11.8. The molecule has 4 nitrogen and oxygen atoms in total. The minimum atomic E-state index is -0.985. The number of carbonyl (C=O) groups is 2. The fourth-order valence-corrected chi connectivity index (χ4v) is 3.02. The molecule has 1 saturated heterocycles. The molecule has 2 N–H and O–H groups in total. The lowest BCUT2D eigenvalue weighted by molar-refractivity contribution is -0.141. The first kappa shape index (κ1) is 13.2. The zero-order chi connectivity index (χ0) is 13.1. The monoisotopic (exact) mass is 285 g/mol. The van der Waals surface area contributed by atoms with Crippen LogP contribution in [0, 0.1) is 0 Å². The molecule has 1 aromatic carbocycles. The van der Waals surface area contributed by atoms with Crippen molar-refractivity contribution in [1.82, 2.24) is 5.32 Å². The predicted molar refractivity (Wildman–Crippen MR) is 71.0 cm³/mol. The molecule has 1 amide bonds. The van der Waals surface area contributed by atoms with Crippen molar-refractivity contribution in [1.29, 1.82) is 0 Å². The molecule has 1 fully saturated rings. The molecule has 6 heteroatoms. The largest absolute Gasteiger partial charge is 0.480 e. The van der Waals surface area contributed by atoms with Gasteiger partial charge in [-0.1, -0.05) is 23.7 Å². The molecule has 1 aromatic rings. The Labute approximate surface area is 114 Å². The molecule has 0 aromatic heterocycles. The van der Waals surface area contributed by atoms with Crippen molar-refractivity contribution in [2.75, 3.05) is 5.75 Å². The van der Waals surface area contributed by atoms with Gasteiger partial charge in [-0.05, 0) is 24.1 Å². The first-order chi connectivity index (χ1) is 8.56. The Morgan fingerprint density at radius 1 is 1.44 bits per heavy atom. The standard InChI is InChI=1S/C12H12ClNO3S/c13-8-3-1-7(2-4-8)5-10-11(15)14-9(6-18-10)12(16)17/h1-4,9-10H,5-6H2,(H,14,15)(H,16,17)/t9-,10-/m1/s1. The van der Waals surface area contributed by atoms with Crippen LogP contribution in [-0.2, 0) is 16.0 Å². The summed E-state index contributed by atoms with van der Waals surface area (Å²) in [6, 6.07) is 6.54. The molecule has 18 heavy (non-hydrogen) atoms. The molecule has 1 aliphatic rings. The summed E-state index contributed by atoms with van der Waals surface area (Å²) >= 11 is 7.17. The number of hydrogen-bond acceptors (Lipinski definition) is 3. The lowest BCUT2D eigenvalue weighted by Gasteiger charge is -2.26. The van der Waals surface area contributed by atoms with Crippen LogP contribution in [0.5, 0.6) is 0 Å². The van der Waals surface area contributed by atoms with Gasteiger partial charge in [0, 0.05) is 10.8 Å². The quantitative estimate of drug-likeness (QED) is 0.885. The minimum absolute atomic E-state index is 0.214. The predicted octanol–water partition coefficient (Wildman–Crippen LogP) is 1.57. The number of aliphatic carboxylic acids is 1. The van der Waals surface area contributed by atoms with E-state index < -0.39 is 12.0 Å². The van der Waals surface area contributed by atoms with Crippen LogP contribution in [0.15, 0.2) is 24.3 Å². The van der Waals surface area contributed by atoms with Gasteiger partial charge in [-0.25, -0.2) is 4.79 Å². The van der Waals surface area contributed by atoms with E-state index >= 15 is 0 Å². The van der Waals surface area contributed by atoms with Crippen molar-refractivity contribution in [3.05, 3.63) is 34.9 Å². The molecular formula is C12H12ClNO3S. The van der Waals surface area contributed by atoms with Crippen molar-refractivity contribution >= 4 is 35.2 Å². The molecule has 96 valence electrons. The lowest BCUT2D eigenvalue weighted by Crippen LogP contribution is -2.51. The van der Waals surface area contributed by atoms with Crippen molar-refractivity contribution in [2.45, 2.75) is 17.7 Å². The van der Waals surface area contributed by atoms with Crippen LogP contribution in [0.1, 0.15) is 5.56 Å². The van der Waals surface area contributed by atoms with E-state index in [1.807, 2.05) is 12.1 Å². The van der Waals surface area contributed by atoms with Crippen LogP contribution in [0.25, 0.3) is 0 Å². The number of carboxylic acid groups (broad SMARTS) is 1. The van der Waals surface area contributed by atoms with E-state index in [1.54, 1.807) is 12.1 Å². The Bertz CT molecular complexity index is 463. The summed E-state index contributed by atoms with van der Waals surface area (Å²) in [7, 11) is 0. The molecule has 0 saturated carbocycles. The Balaban J connectivity index is 1.97. The first-order valence-corrected chi connectivity index (χ1v) is 6.88. The SMILES string of the molecule is O=C(O)[C@H]1CS[C@H](Cc2ccc(Cl)cc2)C(=O)N1. The van der Waals surface area contributed by atoms with E-state index in [-0.39, 0.29) is 11.2 Å². The third-order valence-electron chi connectivity index (χ3n) is 2.71. The van der Waals surface area contributed by atoms with E-state index in [1.165, 1.54) is 11.8 Å². The smallest absolute Gasteiger partial charge is 0.327 e. The highest BCUT2D eigenvalue weighted by Gasteiger charge is 2.32. The van der Waals surface area contributed by atoms with Crippen LogP contribution >= 0.6 is 23.4 Å². The second-order valence-electron chi connectivity index (χ2n) is 4.05. The highest BCUT2D eigenvalue weighted by Crippen LogP contribution is 2.22. The zero-order valence-electron chi connectivity index (χ0n) is 9.43. The average Bonchev–Trinajstić information content (AvgIpc) is 2.34. The average molecular weight is 286 g/mol. The van der Waals surface area contributed by atoms with Gasteiger partial charge in [-0.15, -0.1) is 11.8 Å². The number of hydrogen-bond donors (Lipinski definition) is 2. The number of carbonyl (C=O) groups excluding carboxylic acids is 1. The summed E-state index contributed by atoms with van der Waals surface area (Å²) < 4.78 is 0. The third kappa shape index (κ3) is 3.17. The number of benzene rings is 1. The van der Waals surface area contributed by atoms with Crippen LogP contribution in [0.3, 0.4) is 0 Å². The first-order valence-electron chi connectivity index (χ1n) is 5.45. The van der Waals surface area contributed by atoms with Crippen LogP contribution < -0.4 is 5.32 Å². The molecule has 1 heterocycles. The van der Waals surface area contributed by atoms with Gasteiger partial charge in [0.25, 0.3) is 0 Å². The van der Waals surface area contributed by atoms with Crippen molar-refractivity contribution in [3.63, 3.8) is 0 Å². The molecule has 2 rings (SSSR count). The summed E-state index contributed by atoms with van der Waals surface area (Å²) in [4.78, 5) is 22.5. The van der Waals surface area contributed by atoms with Crippen molar-refractivity contribution < 1.29 is 14.7 Å². The van der Waals surface area contributed by atoms with Gasteiger partial charge in [0.1, 0.15) is 6.04 Å². The fraction of sp³-hybridized carbons (Fsp3) is 0.333. The number of amides is 1. The summed E-state index contributed by atoms with van der Waals surface area (Å²) in [5, 5.41) is 11.8. The van der Waals surface area contributed by atoms with Crippen LogP contribution in [-0.4, -0.2) is 34.0 Å². The summed E-state index contributed by atoms with van der Waals surface area (Å²) in [5.41, 5.74) is 1.01. The maximum Gasteiger partial charge on any atom is 0.327 e. The van der Waals surface area contributed by atoms with Gasteiger partial charge in [0.15, 0.2) is 0 Å². The van der Waals surface area contributed by atoms with Crippen molar-refractivity contribution in [3.8, 4) is 0 Å². The zero-order valence-corrected chi connectivity index (χ0v) is 11.0. The second-order valence-corrected chi connectivity index (χ2v) is 5.72. The van der Waals surface area contributed by atoms with Crippen molar-refractivity contribution in [2.24, 2.45) is 0 Å². The van der Waals surface area contributed by atoms with Gasteiger partial charge in [-0.3, -0.25) is 4.79 Å². The highest BCUT2D eigenvalue weighted by molar-refractivity contribution is 8.00. The van der Waals surface area contributed by atoms with E-state index in [4.69, 9.17) is 16.7 Å². The van der Waals surface area contributed by atoms with Crippen LogP contribution in [0.4, 0.5) is 0 Å². The normalized spacial score (nSPS) is 23.5. The fourth-order valence-electron chi connectivity index (χ4n) is 1.71. The molecule has 0 spiro atoms. The second kappa shape index (κ2) is 5.63. The van der Waals surface area contributed by atoms with E-state index in [0.29, 0.717) is 17.2 Å². The number of nitrogens with one attached hydrogen (secondary N) is 1. The van der Waals surface area contributed by atoms with Gasteiger partial charge < -0.3 is 10.4 Å². The number of halogens is 1. The molecule has 0 unspecified atom stereocenters. The van der Waals surface area contributed by atoms with E-state index in [2.05, 4.69) is 5.32 Å². The Morgan fingerprint density at radius 2 is 2.11 bits per heavy atom. The van der Waals surface area contributed by atoms with Gasteiger partial charge in [0.05, 0.1) is 5.25 Å². The summed E-state index contributed by atoms with van der Waals surface area (Å²) in [5.74, 6) is -0.798.